The number of fused-ring (bicyclic) bond motifs is 2. The Balaban J connectivity index is 1.24. The number of nitrogens with zero attached hydrogens (tertiary/aromatic N) is 2. The van der Waals surface area contributed by atoms with E-state index in [0.29, 0.717) is 30.8 Å². The van der Waals surface area contributed by atoms with E-state index >= 15 is 0 Å². The van der Waals surface area contributed by atoms with Crippen molar-refractivity contribution < 1.29 is 28.7 Å². The minimum atomic E-state index is -1.16. The maximum Gasteiger partial charge on any atom is 0.292 e. The number of amides is 3. The smallest absolute Gasteiger partial charge is 0.292 e. The highest BCUT2D eigenvalue weighted by Crippen LogP contribution is 2.43. The molecule has 3 aliphatic rings. The molecule has 5 unspecified atom stereocenters. The van der Waals surface area contributed by atoms with Gasteiger partial charge in [0, 0.05) is 43.4 Å². The molecular weight excluding hydrogens is 572 g/mol. The van der Waals surface area contributed by atoms with Crippen LogP contribution in [0.25, 0.3) is 10.9 Å². The van der Waals surface area contributed by atoms with Crippen LogP contribution >= 0.6 is 0 Å². The maximum absolute atomic E-state index is 14.2. The zero-order valence-corrected chi connectivity index (χ0v) is 25.8. The van der Waals surface area contributed by atoms with Crippen LogP contribution in [0.1, 0.15) is 61.0 Å². The summed E-state index contributed by atoms with van der Waals surface area (Å²) in [6.45, 7) is 0.672. The first-order chi connectivity index (χ1) is 21.7. The number of hydrogen-bond donors (Lipinski definition) is 2. The second-order valence-electron chi connectivity index (χ2n) is 12.7. The van der Waals surface area contributed by atoms with Crippen LogP contribution in [0, 0.1) is 17.8 Å². The number of ether oxygens (including phenoxy) is 1. The van der Waals surface area contributed by atoms with E-state index in [-0.39, 0.29) is 36.5 Å². The number of ketones is 2. The number of methoxy groups -OCH3 is 1. The summed E-state index contributed by atoms with van der Waals surface area (Å²) in [6, 6.07) is 14.7. The third-order valence-corrected chi connectivity index (χ3v) is 9.90. The van der Waals surface area contributed by atoms with Crippen LogP contribution in [-0.4, -0.2) is 76.9 Å². The Labute approximate surface area is 262 Å². The van der Waals surface area contributed by atoms with E-state index in [9.17, 15) is 24.0 Å². The minimum absolute atomic E-state index is 0.0480. The Bertz CT molecular complexity index is 1620. The van der Waals surface area contributed by atoms with Crippen molar-refractivity contribution in [3.63, 3.8) is 0 Å². The summed E-state index contributed by atoms with van der Waals surface area (Å²) in [5, 5.41) is 3.66. The standard InChI is InChI=1S/C35H40N4O6/c1-38(19-21-9-4-3-5-10-21)35(44)32(41)27(17-22-11-7-15-29(22)40)37-33(42)31-24-13-6-12-23(24)20-39(31)34(43)28-18-25-26(36-28)14-8-16-30(25)45-2/h3-5,8-10,14,16,18,22-24,27,31,36H,6-7,11-13,15,17,19-20H2,1-2H3,(H,37,42). The highest BCUT2D eigenvalue weighted by molar-refractivity contribution is 6.38. The molecule has 2 aromatic carbocycles. The highest BCUT2D eigenvalue weighted by atomic mass is 16.5. The van der Waals surface area contributed by atoms with Crippen molar-refractivity contribution in [2.24, 2.45) is 17.8 Å². The molecule has 0 bridgehead atoms. The Morgan fingerprint density at radius 2 is 1.84 bits per heavy atom. The second-order valence-corrected chi connectivity index (χ2v) is 12.7. The molecule has 2 aliphatic carbocycles. The topological polar surface area (TPSA) is 129 Å². The summed E-state index contributed by atoms with van der Waals surface area (Å²) in [5.41, 5.74) is 1.98. The third-order valence-electron chi connectivity index (χ3n) is 9.90. The Kier molecular flexibility index (Phi) is 8.74. The van der Waals surface area contributed by atoms with Crippen LogP contribution in [0.5, 0.6) is 5.75 Å². The van der Waals surface area contributed by atoms with E-state index in [1.165, 1.54) is 4.90 Å². The van der Waals surface area contributed by atoms with Gasteiger partial charge in [0.05, 0.1) is 13.2 Å². The molecule has 0 spiro atoms. The molecular formula is C35H40N4O6. The van der Waals surface area contributed by atoms with E-state index in [1.54, 1.807) is 25.1 Å². The van der Waals surface area contributed by atoms with Gasteiger partial charge >= 0.3 is 0 Å². The van der Waals surface area contributed by atoms with Gasteiger partial charge in [0.15, 0.2) is 0 Å². The molecule has 3 fully saturated rings. The van der Waals surface area contributed by atoms with Crippen LogP contribution in [-0.2, 0) is 25.7 Å². The van der Waals surface area contributed by atoms with Crippen molar-refractivity contribution in [2.75, 3.05) is 20.7 Å². The first-order valence-corrected chi connectivity index (χ1v) is 15.9. The number of carbonyl (C=O) groups is 5. The first kappa shape index (κ1) is 30.6. The van der Waals surface area contributed by atoms with Gasteiger partial charge in [-0.3, -0.25) is 24.0 Å². The molecule has 2 saturated carbocycles. The van der Waals surface area contributed by atoms with Gasteiger partial charge in [-0.2, -0.15) is 0 Å². The molecule has 1 aliphatic heterocycles. The molecule has 0 radical (unpaired) electrons. The molecule has 45 heavy (non-hydrogen) atoms. The van der Waals surface area contributed by atoms with Gasteiger partial charge in [-0.05, 0) is 67.7 Å². The normalized spacial score (nSPS) is 23.2. The van der Waals surface area contributed by atoms with Crippen LogP contribution < -0.4 is 10.1 Å². The molecule has 3 aromatic rings. The summed E-state index contributed by atoms with van der Waals surface area (Å²) < 4.78 is 5.47. The zero-order valence-electron chi connectivity index (χ0n) is 25.8. The zero-order chi connectivity index (χ0) is 31.7. The van der Waals surface area contributed by atoms with Gasteiger partial charge < -0.3 is 24.8 Å². The van der Waals surface area contributed by atoms with Gasteiger partial charge in [0.2, 0.25) is 11.7 Å². The van der Waals surface area contributed by atoms with Crippen LogP contribution in [0.4, 0.5) is 0 Å². The largest absolute Gasteiger partial charge is 0.496 e. The van der Waals surface area contributed by atoms with Crippen LogP contribution in [0.2, 0.25) is 0 Å². The predicted octanol–water partition coefficient (Wildman–Crippen LogP) is 3.89. The molecule has 2 N–H and O–H groups in total. The van der Waals surface area contributed by atoms with E-state index in [1.807, 2.05) is 48.5 Å². The van der Waals surface area contributed by atoms with Crippen molar-refractivity contribution >= 4 is 40.2 Å². The highest BCUT2D eigenvalue weighted by Gasteiger charge is 2.50. The number of hydrogen-bond acceptors (Lipinski definition) is 6. The number of Topliss-reactive ketones (excluding diaryl/α,β-unsaturated/α-hetero) is 2. The predicted molar refractivity (Wildman–Crippen MR) is 167 cm³/mol. The van der Waals surface area contributed by atoms with E-state index in [4.69, 9.17) is 4.74 Å². The summed E-state index contributed by atoms with van der Waals surface area (Å²) >= 11 is 0. The minimum Gasteiger partial charge on any atom is -0.496 e. The lowest BCUT2D eigenvalue weighted by Crippen LogP contribution is -2.55. The quantitative estimate of drug-likeness (QED) is 0.335. The molecule has 10 nitrogen and oxygen atoms in total. The fraction of sp³-hybridized carbons (Fsp3) is 0.457. The Morgan fingerprint density at radius 3 is 2.58 bits per heavy atom. The summed E-state index contributed by atoms with van der Waals surface area (Å²) in [7, 11) is 3.13. The van der Waals surface area contributed by atoms with Gasteiger partial charge in [-0.25, -0.2) is 0 Å². The molecule has 1 saturated heterocycles. The number of nitrogens with one attached hydrogen (secondary N) is 2. The van der Waals surface area contributed by atoms with Crippen molar-refractivity contribution in [3.05, 3.63) is 65.9 Å². The lowest BCUT2D eigenvalue weighted by Gasteiger charge is -2.29. The molecule has 236 valence electrons. The number of benzene rings is 2. The lowest BCUT2D eigenvalue weighted by molar-refractivity contribution is -0.146. The van der Waals surface area contributed by atoms with Crippen molar-refractivity contribution in [3.8, 4) is 5.75 Å². The fourth-order valence-corrected chi connectivity index (χ4v) is 7.60. The number of likely N-dealkylation sites (tertiary alicyclic amines) is 1. The average molecular weight is 613 g/mol. The van der Waals surface area contributed by atoms with Gasteiger partial charge in [-0.1, -0.05) is 42.8 Å². The number of aromatic nitrogens is 1. The fourth-order valence-electron chi connectivity index (χ4n) is 7.60. The molecule has 2 heterocycles. The maximum atomic E-state index is 14.2. The van der Waals surface area contributed by atoms with Gasteiger partial charge in [0.25, 0.3) is 11.8 Å². The molecule has 1 aromatic heterocycles. The van der Waals surface area contributed by atoms with Crippen molar-refractivity contribution in [1.82, 2.24) is 20.1 Å². The summed E-state index contributed by atoms with van der Waals surface area (Å²) in [5.74, 6) is -1.80. The van der Waals surface area contributed by atoms with E-state index in [2.05, 4.69) is 10.3 Å². The number of likely N-dealkylation sites (N-methyl/N-ethyl adjacent to an activating group) is 1. The van der Waals surface area contributed by atoms with Crippen LogP contribution in [0.15, 0.2) is 54.6 Å². The Morgan fingerprint density at radius 1 is 1.04 bits per heavy atom. The summed E-state index contributed by atoms with van der Waals surface area (Å²) in [4.78, 5) is 74.0. The third kappa shape index (κ3) is 6.10. The molecule has 10 heteroatoms. The number of aromatic amines is 1. The molecule has 5 atom stereocenters. The monoisotopic (exact) mass is 612 g/mol. The average Bonchev–Trinajstić information content (AvgIpc) is 3.84. The lowest BCUT2D eigenvalue weighted by atomic mass is 9.91. The van der Waals surface area contributed by atoms with Gasteiger partial charge in [0.1, 0.15) is 23.3 Å². The van der Waals surface area contributed by atoms with E-state index in [0.717, 1.165) is 42.1 Å². The second kappa shape index (κ2) is 12.9. The first-order valence-electron chi connectivity index (χ1n) is 15.9. The Hall–Kier alpha value is -4.47. The molecule has 6 rings (SSSR count). The van der Waals surface area contributed by atoms with Crippen molar-refractivity contribution in [1.29, 1.82) is 0 Å². The van der Waals surface area contributed by atoms with Gasteiger partial charge in [-0.15, -0.1) is 0 Å². The number of rotatable bonds is 10. The SMILES string of the molecule is COc1cccc2[nH]c(C(=O)N3CC4CCCC4C3C(=O)NC(CC3CCCC3=O)C(=O)C(=O)N(C)Cc3ccccc3)cc12. The number of carbonyl (C=O) groups excluding carboxylic acids is 5. The van der Waals surface area contributed by atoms with E-state index < -0.39 is 35.6 Å². The number of H-pyrrole nitrogens is 1. The molecule has 3 amide bonds. The van der Waals surface area contributed by atoms with Crippen LogP contribution in [0.3, 0.4) is 0 Å². The summed E-state index contributed by atoms with van der Waals surface area (Å²) in [6.07, 6.45) is 4.54. The van der Waals surface area contributed by atoms with Crippen molar-refractivity contribution in [2.45, 2.75) is 63.6 Å².